The monoisotopic (exact) mass is 234 g/mol. The minimum Gasteiger partial charge on any atom is -0.394 e. The molecule has 0 amide bonds. The first-order valence-electron chi connectivity index (χ1n) is 5.85. The predicted octanol–water partition coefficient (Wildman–Crippen LogP) is 1.39. The largest absolute Gasteiger partial charge is 0.394 e. The van der Waals surface area contributed by atoms with Crippen molar-refractivity contribution < 1.29 is 5.11 Å². The second-order valence-electron chi connectivity index (χ2n) is 4.56. The van der Waals surface area contributed by atoms with Crippen LogP contribution in [0.25, 0.3) is 11.1 Å². The molecular weight excluding hydrogens is 216 g/mol. The lowest BCUT2D eigenvalue weighted by Gasteiger charge is -2.03. The average Bonchev–Trinajstić information content (AvgIpc) is 2.86. The molecule has 0 bridgehead atoms. The van der Waals surface area contributed by atoms with Gasteiger partial charge in [0.2, 0.25) is 0 Å². The molecule has 0 atom stereocenters. The lowest BCUT2D eigenvalue weighted by Crippen LogP contribution is -2.03. The van der Waals surface area contributed by atoms with Crippen molar-refractivity contribution in [3.8, 4) is 11.1 Å². The maximum Gasteiger partial charge on any atom is 0.0641 e. The maximum absolute atomic E-state index is 8.83. The second-order valence-corrected chi connectivity index (χ2v) is 4.56. The Hall–Kier alpha value is -1.62. The summed E-state index contributed by atoms with van der Waals surface area (Å²) in [5.41, 5.74) is 2.10. The fraction of sp³-hybridized carbons (Fsp3) is 0.500. The van der Waals surface area contributed by atoms with Gasteiger partial charge in [-0.3, -0.25) is 9.36 Å². The van der Waals surface area contributed by atoms with Crippen LogP contribution in [0.5, 0.6) is 0 Å². The first kappa shape index (κ1) is 11.9. The Morgan fingerprint density at radius 1 is 1.12 bits per heavy atom. The summed E-state index contributed by atoms with van der Waals surface area (Å²) in [4.78, 5) is 0. The molecule has 0 aromatic carbocycles. The number of rotatable bonds is 5. The highest BCUT2D eigenvalue weighted by atomic mass is 16.3. The molecule has 0 unspecified atom stereocenters. The van der Waals surface area contributed by atoms with Crippen molar-refractivity contribution in [2.45, 2.75) is 26.9 Å². The first-order valence-corrected chi connectivity index (χ1v) is 5.85. The lowest BCUT2D eigenvalue weighted by molar-refractivity contribution is 0.269. The molecule has 2 aromatic heterocycles. The summed E-state index contributed by atoms with van der Waals surface area (Å²) in [5.74, 6) is 0.583. The van der Waals surface area contributed by atoms with E-state index in [-0.39, 0.29) is 6.61 Å². The molecule has 0 saturated heterocycles. The van der Waals surface area contributed by atoms with Gasteiger partial charge in [0, 0.05) is 30.1 Å². The minimum absolute atomic E-state index is 0.105. The highest BCUT2D eigenvalue weighted by Crippen LogP contribution is 2.17. The molecule has 0 radical (unpaired) electrons. The van der Waals surface area contributed by atoms with E-state index in [1.165, 1.54) is 0 Å². The van der Waals surface area contributed by atoms with Crippen LogP contribution in [-0.4, -0.2) is 31.3 Å². The zero-order valence-corrected chi connectivity index (χ0v) is 10.2. The number of nitrogens with zero attached hydrogens (tertiary/aromatic N) is 4. The van der Waals surface area contributed by atoms with Gasteiger partial charge in [0.25, 0.3) is 0 Å². The quantitative estimate of drug-likeness (QED) is 0.850. The van der Waals surface area contributed by atoms with Crippen LogP contribution in [-0.2, 0) is 13.1 Å². The number of aromatic nitrogens is 4. The lowest BCUT2D eigenvalue weighted by atomic mass is 10.2. The molecule has 0 spiro atoms. The molecule has 0 saturated carbocycles. The Morgan fingerprint density at radius 2 is 1.71 bits per heavy atom. The van der Waals surface area contributed by atoms with Crippen molar-refractivity contribution in [3.63, 3.8) is 0 Å². The Morgan fingerprint density at radius 3 is 2.29 bits per heavy atom. The molecular formula is C12H18N4O. The van der Waals surface area contributed by atoms with E-state index in [1.54, 1.807) is 10.9 Å². The number of hydrogen-bond acceptors (Lipinski definition) is 3. The molecule has 2 heterocycles. The Balaban J connectivity index is 2.12. The molecule has 5 nitrogen and oxygen atoms in total. The topological polar surface area (TPSA) is 55.9 Å². The highest BCUT2D eigenvalue weighted by molar-refractivity contribution is 5.59. The Bertz CT molecular complexity index is 472. The summed E-state index contributed by atoms with van der Waals surface area (Å²) < 4.78 is 3.68. The third kappa shape index (κ3) is 2.94. The van der Waals surface area contributed by atoms with Gasteiger partial charge < -0.3 is 5.11 Å². The van der Waals surface area contributed by atoms with Gasteiger partial charge in [0.05, 0.1) is 25.5 Å². The molecule has 0 aliphatic heterocycles. The minimum atomic E-state index is 0.105. The summed E-state index contributed by atoms with van der Waals surface area (Å²) in [6.45, 7) is 5.89. The van der Waals surface area contributed by atoms with Gasteiger partial charge in [0.1, 0.15) is 0 Å². The van der Waals surface area contributed by atoms with Crippen LogP contribution in [0.1, 0.15) is 13.8 Å². The van der Waals surface area contributed by atoms with Crippen molar-refractivity contribution in [3.05, 3.63) is 24.8 Å². The molecule has 0 fully saturated rings. The Kier molecular flexibility index (Phi) is 3.58. The van der Waals surface area contributed by atoms with Crippen molar-refractivity contribution in [1.29, 1.82) is 0 Å². The number of aliphatic hydroxyl groups is 1. The third-order valence-corrected chi connectivity index (χ3v) is 2.48. The van der Waals surface area contributed by atoms with E-state index in [0.717, 1.165) is 17.7 Å². The molecule has 0 aliphatic carbocycles. The number of aliphatic hydroxyl groups excluding tert-OH is 1. The third-order valence-electron chi connectivity index (χ3n) is 2.48. The van der Waals surface area contributed by atoms with E-state index < -0.39 is 0 Å². The van der Waals surface area contributed by atoms with E-state index in [1.807, 2.05) is 23.3 Å². The van der Waals surface area contributed by atoms with E-state index in [0.29, 0.717) is 12.5 Å². The van der Waals surface area contributed by atoms with Crippen LogP contribution in [0.15, 0.2) is 24.8 Å². The molecule has 2 rings (SSSR count). The smallest absolute Gasteiger partial charge is 0.0641 e. The summed E-state index contributed by atoms with van der Waals surface area (Å²) in [7, 11) is 0. The predicted molar refractivity (Wildman–Crippen MR) is 65.4 cm³/mol. The molecule has 2 aromatic rings. The molecule has 1 N–H and O–H groups in total. The van der Waals surface area contributed by atoms with Crippen molar-refractivity contribution in [2.75, 3.05) is 6.61 Å². The normalized spacial score (nSPS) is 11.3. The fourth-order valence-electron chi connectivity index (χ4n) is 1.72. The highest BCUT2D eigenvalue weighted by Gasteiger charge is 2.05. The van der Waals surface area contributed by atoms with E-state index in [2.05, 4.69) is 24.0 Å². The molecule has 17 heavy (non-hydrogen) atoms. The van der Waals surface area contributed by atoms with Gasteiger partial charge >= 0.3 is 0 Å². The van der Waals surface area contributed by atoms with Crippen LogP contribution >= 0.6 is 0 Å². The Labute approximate surface area is 101 Å². The van der Waals surface area contributed by atoms with Crippen LogP contribution in [0.2, 0.25) is 0 Å². The van der Waals surface area contributed by atoms with Crippen LogP contribution in [0.4, 0.5) is 0 Å². The second kappa shape index (κ2) is 5.14. The van der Waals surface area contributed by atoms with E-state index in [9.17, 15) is 0 Å². The zero-order valence-electron chi connectivity index (χ0n) is 10.2. The molecule has 5 heteroatoms. The van der Waals surface area contributed by atoms with Crippen LogP contribution < -0.4 is 0 Å². The fourth-order valence-corrected chi connectivity index (χ4v) is 1.72. The zero-order chi connectivity index (χ0) is 12.3. The summed E-state index contributed by atoms with van der Waals surface area (Å²) in [6.07, 6.45) is 7.60. The first-order chi connectivity index (χ1) is 8.19. The number of hydrogen-bond donors (Lipinski definition) is 1. The van der Waals surface area contributed by atoms with Crippen molar-refractivity contribution >= 4 is 0 Å². The van der Waals surface area contributed by atoms with Gasteiger partial charge in [0.15, 0.2) is 0 Å². The summed E-state index contributed by atoms with van der Waals surface area (Å²) in [6, 6.07) is 0. The van der Waals surface area contributed by atoms with Gasteiger partial charge in [-0.25, -0.2) is 0 Å². The van der Waals surface area contributed by atoms with Gasteiger partial charge in [-0.2, -0.15) is 10.2 Å². The summed E-state index contributed by atoms with van der Waals surface area (Å²) >= 11 is 0. The molecule has 0 aliphatic rings. The van der Waals surface area contributed by atoms with Crippen molar-refractivity contribution in [1.82, 2.24) is 19.6 Å². The van der Waals surface area contributed by atoms with Gasteiger partial charge in [-0.05, 0) is 5.92 Å². The SMILES string of the molecule is CC(C)Cn1cc(-c2cnn(CCO)c2)cn1. The van der Waals surface area contributed by atoms with Crippen LogP contribution in [0.3, 0.4) is 0 Å². The van der Waals surface area contributed by atoms with Gasteiger partial charge in [-0.15, -0.1) is 0 Å². The molecule has 92 valence electrons. The van der Waals surface area contributed by atoms with Crippen LogP contribution in [0, 0.1) is 5.92 Å². The maximum atomic E-state index is 8.83. The van der Waals surface area contributed by atoms with Gasteiger partial charge in [-0.1, -0.05) is 13.8 Å². The van der Waals surface area contributed by atoms with E-state index in [4.69, 9.17) is 5.11 Å². The van der Waals surface area contributed by atoms with Crippen molar-refractivity contribution in [2.24, 2.45) is 5.92 Å². The average molecular weight is 234 g/mol. The van der Waals surface area contributed by atoms with E-state index >= 15 is 0 Å². The summed E-state index contributed by atoms with van der Waals surface area (Å²) in [5, 5.41) is 17.3. The standard InChI is InChI=1S/C12H18N4O/c1-10(2)7-16-9-12(6-14-16)11-5-13-15(8-11)3-4-17/h5-6,8-10,17H,3-4,7H2,1-2H3.